The Morgan fingerprint density at radius 1 is 1.20 bits per heavy atom. The molecule has 154 valence electrons. The van der Waals surface area contributed by atoms with E-state index in [1.54, 1.807) is 49.0 Å². The first-order chi connectivity index (χ1) is 14.5. The molecule has 9 heteroatoms. The minimum atomic E-state index is -0.233. The van der Waals surface area contributed by atoms with Crippen LogP contribution in [0.1, 0.15) is 34.6 Å². The third-order valence-corrected chi connectivity index (χ3v) is 5.05. The number of carbonyl (C=O) groups excluding carboxylic acids is 2. The quantitative estimate of drug-likeness (QED) is 0.674. The third-order valence-electron chi connectivity index (χ3n) is 5.05. The third kappa shape index (κ3) is 4.00. The summed E-state index contributed by atoms with van der Waals surface area (Å²) in [6.07, 6.45) is 1.53. The number of hydrogen-bond donors (Lipinski definition) is 1. The molecular weight excluding hydrogens is 384 g/mol. The zero-order valence-corrected chi connectivity index (χ0v) is 16.8. The van der Waals surface area contributed by atoms with Gasteiger partial charge in [0.15, 0.2) is 5.82 Å². The first-order valence-electron chi connectivity index (χ1n) is 9.66. The Morgan fingerprint density at radius 2 is 2.00 bits per heavy atom. The van der Waals surface area contributed by atoms with Crippen LogP contribution in [0.15, 0.2) is 42.5 Å². The number of aryl methyl sites for hydroxylation is 1. The molecule has 0 aliphatic carbocycles. The summed E-state index contributed by atoms with van der Waals surface area (Å²) in [6, 6.07) is 12.6. The summed E-state index contributed by atoms with van der Waals surface area (Å²) in [5.41, 5.74) is 2.76. The van der Waals surface area contributed by atoms with Gasteiger partial charge in [-0.1, -0.05) is 12.1 Å². The van der Waals surface area contributed by atoms with E-state index in [4.69, 9.17) is 4.74 Å². The number of hydrogen-bond acceptors (Lipinski definition) is 6. The van der Waals surface area contributed by atoms with Crippen molar-refractivity contribution >= 4 is 17.5 Å². The van der Waals surface area contributed by atoms with E-state index in [2.05, 4.69) is 20.8 Å². The first kappa shape index (κ1) is 19.6. The molecule has 1 N–H and O–H groups in total. The van der Waals surface area contributed by atoms with E-state index in [0.29, 0.717) is 41.5 Å². The van der Waals surface area contributed by atoms with Crippen molar-refractivity contribution in [1.82, 2.24) is 25.1 Å². The first-order valence-corrected chi connectivity index (χ1v) is 9.66. The Morgan fingerprint density at radius 3 is 2.63 bits per heavy atom. The molecule has 9 nitrogen and oxygen atoms in total. The van der Waals surface area contributed by atoms with Gasteiger partial charge < -0.3 is 15.0 Å². The number of likely N-dealkylation sites (tertiary alicyclic amines) is 1. The van der Waals surface area contributed by atoms with Gasteiger partial charge in [-0.2, -0.15) is 4.68 Å². The molecule has 2 amide bonds. The highest BCUT2D eigenvalue weighted by Crippen LogP contribution is 2.26. The van der Waals surface area contributed by atoms with E-state index < -0.39 is 0 Å². The van der Waals surface area contributed by atoms with Gasteiger partial charge in [-0.25, -0.2) is 0 Å². The van der Waals surface area contributed by atoms with Crippen LogP contribution in [0.5, 0.6) is 5.75 Å². The molecule has 0 saturated carbocycles. The molecule has 0 atom stereocenters. The van der Waals surface area contributed by atoms with E-state index in [1.165, 1.54) is 0 Å². The fraction of sp³-hybridized carbons (Fsp3) is 0.286. The van der Waals surface area contributed by atoms with Gasteiger partial charge in [0.25, 0.3) is 5.91 Å². The number of aromatic nitrogens is 4. The molecule has 0 unspecified atom stereocenters. The van der Waals surface area contributed by atoms with Crippen LogP contribution in [-0.4, -0.2) is 50.6 Å². The Labute approximate surface area is 173 Å². The van der Waals surface area contributed by atoms with Gasteiger partial charge in [-0.05, 0) is 59.7 Å². The summed E-state index contributed by atoms with van der Waals surface area (Å²) in [7, 11) is 1.56. The van der Waals surface area contributed by atoms with E-state index >= 15 is 0 Å². The van der Waals surface area contributed by atoms with Crippen molar-refractivity contribution in [1.29, 1.82) is 0 Å². The number of benzene rings is 2. The van der Waals surface area contributed by atoms with Crippen molar-refractivity contribution in [3.63, 3.8) is 0 Å². The number of carbonyl (C=O) groups is 2. The second-order valence-corrected chi connectivity index (χ2v) is 7.09. The van der Waals surface area contributed by atoms with Gasteiger partial charge in [0.1, 0.15) is 11.4 Å². The summed E-state index contributed by atoms with van der Waals surface area (Å²) in [5, 5.41) is 14.4. The predicted octanol–water partition coefficient (Wildman–Crippen LogP) is 2.35. The number of amides is 2. The van der Waals surface area contributed by atoms with Crippen LogP contribution in [-0.2, 0) is 11.3 Å². The van der Waals surface area contributed by atoms with E-state index in [-0.39, 0.29) is 11.8 Å². The van der Waals surface area contributed by atoms with Crippen molar-refractivity contribution in [2.24, 2.45) is 0 Å². The monoisotopic (exact) mass is 406 g/mol. The minimum Gasteiger partial charge on any atom is -0.494 e. The lowest BCUT2D eigenvalue weighted by Crippen LogP contribution is -2.23. The largest absolute Gasteiger partial charge is 0.494 e. The average Bonchev–Trinajstić information content (AvgIpc) is 3.36. The molecule has 1 saturated heterocycles. The molecule has 0 spiro atoms. The Hall–Kier alpha value is -3.75. The Bertz CT molecular complexity index is 1080. The molecule has 0 bridgehead atoms. The summed E-state index contributed by atoms with van der Waals surface area (Å²) in [6.45, 7) is 3.15. The second-order valence-electron chi connectivity index (χ2n) is 7.09. The Kier molecular flexibility index (Phi) is 5.42. The maximum Gasteiger partial charge on any atom is 0.255 e. The summed E-state index contributed by atoms with van der Waals surface area (Å²) in [4.78, 5) is 26.3. The molecule has 1 fully saturated rings. The zero-order chi connectivity index (χ0) is 21.1. The van der Waals surface area contributed by atoms with Crippen molar-refractivity contribution in [2.45, 2.75) is 26.3 Å². The lowest BCUT2D eigenvalue weighted by Gasteiger charge is -2.15. The van der Waals surface area contributed by atoms with Crippen molar-refractivity contribution < 1.29 is 14.3 Å². The summed E-state index contributed by atoms with van der Waals surface area (Å²) in [5.74, 6) is 1.14. The Balaban J connectivity index is 1.48. The highest BCUT2D eigenvalue weighted by Gasteiger charge is 2.20. The van der Waals surface area contributed by atoms with Crippen LogP contribution >= 0.6 is 0 Å². The van der Waals surface area contributed by atoms with Gasteiger partial charge >= 0.3 is 0 Å². The van der Waals surface area contributed by atoms with E-state index in [0.717, 1.165) is 18.5 Å². The fourth-order valence-corrected chi connectivity index (χ4v) is 3.44. The van der Waals surface area contributed by atoms with Crippen LogP contribution in [0, 0.1) is 6.92 Å². The predicted molar refractivity (Wildman–Crippen MR) is 109 cm³/mol. The van der Waals surface area contributed by atoms with E-state index in [1.807, 2.05) is 17.0 Å². The van der Waals surface area contributed by atoms with Crippen LogP contribution < -0.4 is 10.1 Å². The van der Waals surface area contributed by atoms with Gasteiger partial charge in [0, 0.05) is 30.8 Å². The minimum absolute atomic E-state index is 0.185. The van der Waals surface area contributed by atoms with Crippen LogP contribution in [0.4, 0.5) is 5.69 Å². The highest BCUT2D eigenvalue weighted by molar-refractivity contribution is 6.04. The van der Waals surface area contributed by atoms with Crippen LogP contribution in [0.25, 0.3) is 5.69 Å². The zero-order valence-electron chi connectivity index (χ0n) is 16.8. The second kappa shape index (κ2) is 8.32. The smallest absolute Gasteiger partial charge is 0.255 e. The number of ether oxygens (including phenoxy) is 1. The van der Waals surface area contributed by atoms with E-state index in [9.17, 15) is 9.59 Å². The fourth-order valence-electron chi connectivity index (χ4n) is 3.44. The number of nitrogens with one attached hydrogen (secondary N) is 1. The van der Waals surface area contributed by atoms with Crippen LogP contribution in [0.3, 0.4) is 0 Å². The maximum absolute atomic E-state index is 12.7. The van der Waals surface area contributed by atoms with Gasteiger partial charge in [-0.3, -0.25) is 9.59 Å². The molecule has 1 aromatic heterocycles. The van der Waals surface area contributed by atoms with Gasteiger partial charge in [0.2, 0.25) is 5.91 Å². The molecule has 1 aliphatic heterocycles. The number of nitrogens with zero attached hydrogens (tertiary/aromatic N) is 5. The SMILES string of the molecule is COc1ccc(NC(=O)c2ccc(CN3CCCC3=O)cc2)cc1-n1nnnc1C. The number of anilines is 1. The van der Waals surface area contributed by atoms with Crippen molar-refractivity contribution in [3.8, 4) is 11.4 Å². The molecule has 4 rings (SSSR count). The van der Waals surface area contributed by atoms with Gasteiger partial charge in [-0.15, -0.1) is 5.10 Å². The standard InChI is InChI=1S/C21H22N6O3/c1-14-23-24-25-27(14)18-12-17(9-10-19(18)30-2)22-21(29)16-7-5-15(6-8-16)13-26-11-3-4-20(26)28/h5-10,12H,3-4,11,13H2,1-2H3,(H,22,29). The normalized spacial score (nSPS) is 13.5. The molecule has 0 radical (unpaired) electrons. The lowest BCUT2D eigenvalue weighted by molar-refractivity contribution is -0.128. The lowest BCUT2D eigenvalue weighted by atomic mass is 10.1. The molecule has 30 heavy (non-hydrogen) atoms. The average molecular weight is 406 g/mol. The molecule has 1 aliphatic rings. The van der Waals surface area contributed by atoms with Gasteiger partial charge in [0.05, 0.1) is 7.11 Å². The summed E-state index contributed by atoms with van der Waals surface area (Å²) >= 11 is 0. The van der Waals surface area contributed by atoms with Crippen molar-refractivity contribution in [2.75, 3.05) is 19.0 Å². The maximum atomic E-state index is 12.7. The number of methoxy groups -OCH3 is 1. The van der Waals surface area contributed by atoms with Crippen LogP contribution in [0.2, 0.25) is 0 Å². The number of rotatable bonds is 6. The topological polar surface area (TPSA) is 102 Å². The molecule has 2 heterocycles. The highest BCUT2D eigenvalue weighted by atomic mass is 16.5. The number of tetrazole rings is 1. The molecular formula is C21H22N6O3. The van der Waals surface area contributed by atoms with Crippen molar-refractivity contribution in [3.05, 3.63) is 59.4 Å². The molecule has 2 aromatic carbocycles. The summed E-state index contributed by atoms with van der Waals surface area (Å²) < 4.78 is 6.93. The molecule has 3 aromatic rings.